The number of anilines is 1. The molecule has 32 heavy (non-hydrogen) atoms. The van der Waals surface area contributed by atoms with Crippen molar-refractivity contribution in [2.45, 2.75) is 0 Å². The quantitative estimate of drug-likeness (QED) is 0.199. The van der Waals surface area contributed by atoms with Gasteiger partial charge in [0.25, 0.3) is 11.6 Å². The fraction of sp³-hybridized carbons (Fsp3) is 0.0435. The minimum absolute atomic E-state index is 0.0792. The highest BCUT2D eigenvalue weighted by Gasteiger charge is 2.11. The Hall–Kier alpha value is -3.86. The number of carbonyl (C=O) groups excluding carboxylic acids is 1. The first-order valence-corrected chi connectivity index (χ1v) is 9.95. The van der Waals surface area contributed by atoms with Gasteiger partial charge < -0.3 is 10.1 Å². The zero-order chi connectivity index (χ0) is 23.1. The lowest BCUT2D eigenvalue weighted by molar-refractivity contribution is -0.384. The maximum atomic E-state index is 12.2. The smallest absolute Gasteiger partial charge is 0.269 e. The summed E-state index contributed by atoms with van der Waals surface area (Å²) in [6.45, 7) is -0.273. The molecule has 0 radical (unpaired) electrons. The summed E-state index contributed by atoms with van der Waals surface area (Å²) in [4.78, 5) is 22.5. The average Bonchev–Trinajstić information content (AvgIpc) is 2.78. The van der Waals surface area contributed by atoms with E-state index >= 15 is 0 Å². The SMILES string of the molecule is N#C/C(=C\c1cc(Cl)ccc1OCC(=O)Nc1ccc(Cl)cc1)c1ccc([N+](=O)[O-])cc1. The molecule has 0 atom stereocenters. The van der Waals surface area contributed by atoms with Crippen LogP contribution in [0.3, 0.4) is 0 Å². The van der Waals surface area contributed by atoms with Crippen molar-refractivity contribution in [3.05, 3.63) is 98.0 Å². The predicted octanol–water partition coefficient (Wildman–Crippen LogP) is 5.98. The van der Waals surface area contributed by atoms with Crippen molar-refractivity contribution in [1.29, 1.82) is 5.26 Å². The number of ether oxygens (including phenoxy) is 1. The summed E-state index contributed by atoms with van der Waals surface area (Å²) in [5.41, 5.74) is 1.71. The van der Waals surface area contributed by atoms with Gasteiger partial charge in [-0.15, -0.1) is 0 Å². The second-order valence-electron chi connectivity index (χ2n) is 6.50. The molecule has 0 spiro atoms. The molecule has 0 heterocycles. The van der Waals surface area contributed by atoms with Crippen molar-refractivity contribution >= 4 is 52.1 Å². The second kappa shape index (κ2) is 10.4. The summed E-state index contributed by atoms with van der Waals surface area (Å²) in [7, 11) is 0. The topological polar surface area (TPSA) is 105 Å². The Bertz CT molecular complexity index is 1220. The number of amides is 1. The number of nitrogens with zero attached hydrogens (tertiary/aromatic N) is 2. The lowest BCUT2D eigenvalue weighted by atomic mass is 10.0. The van der Waals surface area contributed by atoms with Gasteiger partial charge in [0.2, 0.25) is 0 Å². The van der Waals surface area contributed by atoms with E-state index in [1.807, 2.05) is 0 Å². The Labute approximate surface area is 193 Å². The van der Waals surface area contributed by atoms with Crippen molar-refractivity contribution in [3.63, 3.8) is 0 Å². The molecule has 1 amide bonds. The molecule has 0 aromatic heterocycles. The second-order valence-corrected chi connectivity index (χ2v) is 7.37. The first-order chi connectivity index (χ1) is 15.4. The highest BCUT2D eigenvalue weighted by Crippen LogP contribution is 2.28. The van der Waals surface area contributed by atoms with E-state index in [9.17, 15) is 20.2 Å². The summed E-state index contributed by atoms with van der Waals surface area (Å²) in [6, 6.07) is 19.1. The Morgan fingerprint density at radius 3 is 2.34 bits per heavy atom. The van der Waals surface area contributed by atoms with E-state index in [-0.39, 0.29) is 23.8 Å². The minimum Gasteiger partial charge on any atom is -0.483 e. The van der Waals surface area contributed by atoms with Crippen LogP contribution in [0.1, 0.15) is 11.1 Å². The first-order valence-electron chi connectivity index (χ1n) is 9.20. The lowest BCUT2D eigenvalue weighted by Gasteiger charge is -2.11. The molecule has 0 saturated heterocycles. The number of non-ortho nitro benzene ring substituents is 1. The highest BCUT2D eigenvalue weighted by atomic mass is 35.5. The van der Waals surface area contributed by atoms with Gasteiger partial charge in [-0.25, -0.2) is 0 Å². The lowest BCUT2D eigenvalue weighted by Crippen LogP contribution is -2.20. The maximum absolute atomic E-state index is 12.2. The van der Waals surface area contributed by atoms with Crippen LogP contribution in [0.4, 0.5) is 11.4 Å². The van der Waals surface area contributed by atoms with E-state index < -0.39 is 4.92 Å². The van der Waals surface area contributed by atoms with Crippen LogP contribution in [0, 0.1) is 21.4 Å². The van der Waals surface area contributed by atoms with E-state index in [2.05, 4.69) is 11.4 Å². The number of nitro benzene ring substituents is 1. The molecule has 160 valence electrons. The molecular weight excluding hydrogens is 453 g/mol. The molecule has 0 unspecified atom stereocenters. The minimum atomic E-state index is -0.516. The number of hydrogen-bond acceptors (Lipinski definition) is 5. The molecule has 3 aromatic rings. The van der Waals surface area contributed by atoms with Crippen LogP contribution in [-0.2, 0) is 4.79 Å². The van der Waals surface area contributed by atoms with Gasteiger partial charge in [-0.05, 0) is 66.2 Å². The number of rotatable bonds is 7. The van der Waals surface area contributed by atoms with E-state index in [1.54, 1.807) is 48.5 Å². The molecule has 9 heteroatoms. The summed E-state index contributed by atoms with van der Waals surface area (Å²) in [6.07, 6.45) is 1.54. The summed E-state index contributed by atoms with van der Waals surface area (Å²) >= 11 is 11.9. The normalized spacial score (nSPS) is 10.8. The van der Waals surface area contributed by atoms with E-state index in [0.29, 0.717) is 32.6 Å². The molecule has 0 fully saturated rings. The number of halogens is 2. The molecule has 3 aromatic carbocycles. The number of hydrogen-bond donors (Lipinski definition) is 1. The molecule has 1 N–H and O–H groups in total. The van der Waals surface area contributed by atoms with Crippen molar-refractivity contribution in [3.8, 4) is 11.8 Å². The number of nitro groups is 1. The Morgan fingerprint density at radius 2 is 1.72 bits per heavy atom. The van der Waals surface area contributed by atoms with Crippen LogP contribution in [0.15, 0.2) is 66.7 Å². The van der Waals surface area contributed by atoms with Gasteiger partial charge in [-0.3, -0.25) is 14.9 Å². The van der Waals surface area contributed by atoms with Gasteiger partial charge in [-0.1, -0.05) is 23.2 Å². The Balaban J connectivity index is 1.79. The molecular formula is C23H15Cl2N3O4. The fourth-order valence-corrected chi connectivity index (χ4v) is 3.04. The number of allylic oxidation sites excluding steroid dienone is 1. The van der Waals surface area contributed by atoms with Gasteiger partial charge in [-0.2, -0.15) is 5.26 Å². The molecule has 0 bridgehead atoms. The van der Waals surface area contributed by atoms with Gasteiger partial charge in [0.05, 0.1) is 16.6 Å². The summed E-state index contributed by atoms with van der Waals surface area (Å²) in [5.74, 6) is -0.0385. The number of carbonyl (C=O) groups is 1. The molecule has 7 nitrogen and oxygen atoms in total. The molecule has 0 aliphatic carbocycles. The van der Waals surface area contributed by atoms with Crippen LogP contribution in [0.2, 0.25) is 10.0 Å². The Kier molecular flexibility index (Phi) is 7.45. The largest absolute Gasteiger partial charge is 0.483 e. The van der Waals surface area contributed by atoms with Crippen LogP contribution < -0.4 is 10.1 Å². The third-order valence-corrected chi connectivity index (χ3v) is 4.76. The molecule has 0 saturated carbocycles. The number of benzene rings is 3. The van der Waals surface area contributed by atoms with Crippen molar-refractivity contribution in [2.24, 2.45) is 0 Å². The Morgan fingerprint density at radius 1 is 1.06 bits per heavy atom. The van der Waals surface area contributed by atoms with Crippen molar-refractivity contribution in [1.82, 2.24) is 0 Å². The standard InChI is InChI=1S/C23H15Cl2N3O4/c24-18-3-6-20(7-4-18)27-23(29)14-32-22-10-5-19(25)12-16(22)11-17(13-26)15-1-8-21(9-2-15)28(30)31/h1-12H,14H2,(H,27,29)/b17-11+. The summed E-state index contributed by atoms with van der Waals surface area (Å²) in [5, 5.41) is 24.1. The van der Waals surface area contributed by atoms with Crippen LogP contribution in [-0.4, -0.2) is 17.4 Å². The van der Waals surface area contributed by atoms with Crippen LogP contribution in [0.25, 0.3) is 11.6 Å². The van der Waals surface area contributed by atoms with Gasteiger partial charge in [0.1, 0.15) is 5.75 Å². The predicted molar refractivity (Wildman–Crippen MR) is 124 cm³/mol. The van der Waals surface area contributed by atoms with Gasteiger partial charge in [0.15, 0.2) is 6.61 Å². The zero-order valence-electron chi connectivity index (χ0n) is 16.4. The highest BCUT2D eigenvalue weighted by molar-refractivity contribution is 6.31. The van der Waals surface area contributed by atoms with Gasteiger partial charge in [0, 0.05) is 33.4 Å². The van der Waals surface area contributed by atoms with Crippen LogP contribution >= 0.6 is 23.2 Å². The number of nitriles is 1. The van der Waals surface area contributed by atoms with E-state index in [0.717, 1.165) is 0 Å². The summed E-state index contributed by atoms with van der Waals surface area (Å²) < 4.78 is 5.64. The third kappa shape index (κ3) is 6.08. The van der Waals surface area contributed by atoms with Gasteiger partial charge >= 0.3 is 0 Å². The molecule has 0 aliphatic heterocycles. The van der Waals surface area contributed by atoms with E-state index in [4.69, 9.17) is 27.9 Å². The van der Waals surface area contributed by atoms with E-state index in [1.165, 1.54) is 24.3 Å². The fourth-order valence-electron chi connectivity index (χ4n) is 2.74. The zero-order valence-corrected chi connectivity index (χ0v) is 17.9. The maximum Gasteiger partial charge on any atom is 0.269 e. The molecule has 0 aliphatic rings. The monoisotopic (exact) mass is 467 g/mol. The third-order valence-electron chi connectivity index (χ3n) is 4.27. The first kappa shape index (κ1) is 22.8. The molecule has 3 rings (SSSR count). The average molecular weight is 468 g/mol. The van der Waals surface area contributed by atoms with Crippen molar-refractivity contribution in [2.75, 3.05) is 11.9 Å². The number of nitrogens with one attached hydrogen (secondary N) is 1. The van der Waals surface area contributed by atoms with Crippen LogP contribution in [0.5, 0.6) is 5.75 Å². The van der Waals surface area contributed by atoms with Crippen molar-refractivity contribution < 1.29 is 14.5 Å².